The molecule has 8 nitrogen and oxygen atoms in total. The molecule has 3 rings (SSSR count). The van der Waals surface area contributed by atoms with Gasteiger partial charge in [0, 0.05) is 37.0 Å². The van der Waals surface area contributed by atoms with Crippen LogP contribution in [0.3, 0.4) is 0 Å². The molecule has 2 aromatic carbocycles. The highest BCUT2D eigenvalue weighted by Gasteiger charge is 2.25. The van der Waals surface area contributed by atoms with Crippen LogP contribution < -0.4 is 10.0 Å². The molecule has 12 heteroatoms. The molecule has 0 radical (unpaired) electrons. The molecular weight excluding hydrogens is 461 g/mol. The van der Waals surface area contributed by atoms with E-state index in [1.165, 1.54) is 24.4 Å². The first-order chi connectivity index (χ1) is 15.8. The lowest BCUT2D eigenvalue weighted by molar-refractivity contribution is 0.102. The summed E-state index contributed by atoms with van der Waals surface area (Å²) in [6.45, 7) is 0.878. The summed E-state index contributed by atoms with van der Waals surface area (Å²) in [7, 11) is 1.55. The van der Waals surface area contributed by atoms with Crippen LogP contribution in [-0.2, 0) is 22.4 Å². The third kappa shape index (κ3) is 6.11. The Bertz CT molecular complexity index is 1200. The summed E-state index contributed by atoms with van der Waals surface area (Å²) < 4.78 is 71.6. The first-order valence-electron chi connectivity index (χ1n) is 9.85. The molecule has 1 heterocycles. The van der Waals surface area contributed by atoms with Crippen molar-refractivity contribution in [3.8, 4) is 0 Å². The molecule has 0 saturated carbocycles. The van der Waals surface area contributed by atoms with Gasteiger partial charge in [-0.15, -0.1) is 0 Å². The number of aryl methyl sites for hydroxylation is 1. The lowest BCUT2D eigenvalue weighted by Crippen LogP contribution is -2.18. The number of ketones is 1. The van der Waals surface area contributed by atoms with Gasteiger partial charge in [-0.25, -0.2) is 22.9 Å². The summed E-state index contributed by atoms with van der Waals surface area (Å²) in [5.41, 5.74) is -0.595. The van der Waals surface area contributed by atoms with Crippen LogP contribution in [0, 0.1) is 17.5 Å². The van der Waals surface area contributed by atoms with Gasteiger partial charge in [-0.3, -0.25) is 14.0 Å². The maximum Gasteiger partial charge on any atom is 0.199 e. The van der Waals surface area contributed by atoms with Crippen molar-refractivity contribution < 1.29 is 31.5 Å². The summed E-state index contributed by atoms with van der Waals surface area (Å²) >= 11 is -2.49. The van der Waals surface area contributed by atoms with E-state index in [1.807, 2.05) is 0 Å². The molecule has 0 aliphatic rings. The lowest BCUT2D eigenvalue weighted by atomic mass is 9.97. The summed E-state index contributed by atoms with van der Waals surface area (Å²) in [5, 5.41) is 2.99. The van der Waals surface area contributed by atoms with Gasteiger partial charge < -0.3 is 14.6 Å². The standard InChI is InChI=1S/C21H21F3N4O4S/c1-32-8-7-25-17-11-26-15-5-4-13(10-16(15)28-17)21(29)18-19(23)12(9-14(22)20(18)24)3-2-6-27-33(30)31/h4-5,9-11,27H,2-3,6-8H2,1H3,(H,25,28)(H,30,31)/p-1. The van der Waals surface area contributed by atoms with Crippen molar-refractivity contribution >= 4 is 33.9 Å². The number of hydrogen-bond donors (Lipinski definition) is 2. The van der Waals surface area contributed by atoms with Gasteiger partial charge in [0.25, 0.3) is 0 Å². The second-order valence-corrected chi connectivity index (χ2v) is 7.72. The lowest BCUT2D eigenvalue weighted by Gasteiger charge is -2.12. The second-order valence-electron chi connectivity index (χ2n) is 6.96. The Morgan fingerprint density at radius 3 is 2.67 bits per heavy atom. The fraction of sp³-hybridized carbons (Fsp3) is 0.286. The number of nitrogens with zero attached hydrogens (tertiary/aromatic N) is 2. The summed E-state index contributed by atoms with van der Waals surface area (Å²) in [6.07, 6.45) is 1.51. The summed E-state index contributed by atoms with van der Waals surface area (Å²) in [4.78, 5) is 21.5. The summed E-state index contributed by atoms with van der Waals surface area (Å²) in [5.74, 6) is -4.79. The van der Waals surface area contributed by atoms with Crippen LogP contribution in [0.4, 0.5) is 19.0 Å². The maximum atomic E-state index is 15.0. The molecule has 1 unspecified atom stereocenters. The fourth-order valence-electron chi connectivity index (χ4n) is 3.14. The van der Waals surface area contributed by atoms with E-state index < -0.39 is 40.1 Å². The van der Waals surface area contributed by atoms with Crippen LogP contribution in [0.1, 0.15) is 27.9 Å². The zero-order valence-electron chi connectivity index (χ0n) is 17.5. The second kappa shape index (κ2) is 11.3. The topological polar surface area (TPSA) is 116 Å². The molecule has 0 bridgehead atoms. The van der Waals surface area contributed by atoms with Crippen molar-refractivity contribution in [2.45, 2.75) is 12.8 Å². The van der Waals surface area contributed by atoms with E-state index in [2.05, 4.69) is 20.0 Å². The third-order valence-electron chi connectivity index (χ3n) is 4.72. The first kappa shape index (κ1) is 24.7. The average Bonchev–Trinajstić information content (AvgIpc) is 2.79. The van der Waals surface area contributed by atoms with Crippen LogP contribution in [0.25, 0.3) is 11.0 Å². The Kier molecular flexibility index (Phi) is 8.44. The van der Waals surface area contributed by atoms with E-state index in [9.17, 15) is 26.7 Å². The predicted molar refractivity (Wildman–Crippen MR) is 115 cm³/mol. The van der Waals surface area contributed by atoms with Crippen molar-refractivity contribution in [3.63, 3.8) is 0 Å². The molecule has 0 amide bonds. The normalized spacial score (nSPS) is 12.2. The van der Waals surface area contributed by atoms with Crippen LogP contribution in [0.15, 0.2) is 30.5 Å². The SMILES string of the molecule is COCCNc1cnc2ccc(C(=O)c3c(F)c(F)cc(CCCNS(=O)[O-])c3F)cc2n1. The largest absolute Gasteiger partial charge is 0.760 e. The number of aromatic nitrogens is 2. The van der Waals surface area contributed by atoms with Crippen molar-refractivity contribution in [3.05, 3.63) is 64.6 Å². The van der Waals surface area contributed by atoms with Crippen molar-refractivity contribution in [2.75, 3.05) is 32.1 Å². The molecule has 0 aliphatic heterocycles. The minimum Gasteiger partial charge on any atom is -0.760 e. The van der Waals surface area contributed by atoms with Crippen LogP contribution in [0.5, 0.6) is 0 Å². The van der Waals surface area contributed by atoms with Gasteiger partial charge in [0.05, 0.1) is 29.4 Å². The molecule has 0 spiro atoms. The van der Waals surface area contributed by atoms with Gasteiger partial charge in [-0.2, -0.15) is 0 Å². The Morgan fingerprint density at radius 2 is 1.94 bits per heavy atom. The van der Waals surface area contributed by atoms with Gasteiger partial charge in [0.1, 0.15) is 11.6 Å². The van der Waals surface area contributed by atoms with E-state index in [0.29, 0.717) is 36.1 Å². The predicted octanol–water partition coefficient (Wildman–Crippen LogP) is 2.65. The Hall–Kier alpha value is -2.93. The first-order valence-corrected chi connectivity index (χ1v) is 10.9. The number of fused-ring (bicyclic) bond motifs is 1. The van der Waals surface area contributed by atoms with Crippen molar-refractivity contribution in [1.82, 2.24) is 14.7 Å². The Labute approximate surface area is 190 Å². The summed E-state index contributed by atoms with van der Waals surface area (Å²) in [6, 6.07) is 4.79. The van der Waals surface area contributed by atoms with Crippen LogP contribution in [0.2, 0.25) is 0 Å². The number of halogens is 3. The number of rotatable bonds is 11. The molecule has 176 valence electrons. The minimum atomic E-state index is -2.49. The molecule has 0 aliphatic carbocycles. The van der Waals surface area contributed by atoms with Gasteiger partial charge in [0.15, 0.2) is 17.4 Å². The quantitative estimate of drug-likeness (QED) is 0.187. The molecule has 1 atom stereocenters. The highest BCUT2D eigenvalue weighted by atomic mass is 32.2. The molecule has 0 saturated heterocycles. The highest BCUT2D eigenvalue weighted by molar-refractivity contribution is 7.77. The molecule has 1 aromatic heterocycles. The monoisotopic (exact) mass is 481 g/mol. The maximum absolute atomic E-state index is 15.0. The van der Waals surface area contributed by atoms with Crippen LogP contribution in [-0.4, -0.2) is 51.3 Å². The molecule has 3 aromatic rings. The van der Waals surface area contributed by atoms with Gasteiger partial charge >= 0.3 is 0 Å². The fourth-order valence-corrected chi connectivity index (χ4v) is 3.45. The highest BCUT2D eigenvalue weighted by Crippen LogP contribution is 2.25. The van der Waals surface area contributed by atoms with Crippen LogP contribution >= 0.6 is 0 Å². The van der Waals surface area contributed by atoms with E-state index in [4.69, 9.17) is 4.74 Å². The molecule has 0 fully saturated rings. The number of carbonyl (C=O) groups is 1. The minimum absolute atomic E-state index is 0.0259. The number of methoxy groups -OCH3 is 1. The van der Waals surface area contributed by atoms with Gasteiger partial charge in [0.2, 0.25) is 0 Å². The van der Waals surface area contributed by atoms with Crippen molar-refractivity contribution in [1.29, 1.82) is 0 Å². The number of benzene rings is 2. The van der Waals surface area contributed by atoms with E-state index >= 15 is 0 Å². The average molecular weight is 481 g/mol. The van der Waals surface area contributed by atoms with E-state index in [0.717, 1.165) is 0 Å². The number of anilines is 1. The molecule has 2 N–H and O–H groups in total. The Balaban J connectivity index is 1.90. The van der Waals surface area contributed by atoms with Gasteiger partial charge in [-0.05, 0) is 42.7 Å². The van der Waals surface area contributed by atoms with Gasteiger partial charge in [-0.1, -0.05) is 0 Å². The van der Waals surface area contributed by atoms with E-state index in [1.54, 1.807) is 7.11 Å². The zero-order valence-corrected chi connectivity index (χ0v) is 18.3. The zero-order chi connectivity index (χ0) is 24.0. The number of carbonyl (C=O) groups excluding carboxylic acids is 1. The van der Waals surface area contributed by atoms with E-state index in [-0.39, 0.29) is 30.5 Å². The number of hydrogen-bond acceptors (Lipinski definition) is 7. The molecule has 33 heavy (non-hydrogen) atoms. The number of ether oxygens (including phenoxy) is 1. The smallest absolute Gasteiger partial charge is 0.199 e. The number of nitrogens with one attached hydrogen (secondary N) is 2. The Morgan fingerprint density at radius 1 is 1.15 bits per heavy atom. The molecular formula is C21H20F3N4O4S-. The third-order valence-corrected chi connectivity index (χ3v) is 5.16. The van der Waals surface area contributed by atoms with Crippen molar-refractivity contribution in [2.24, 2.45) is 0 Å².